The number of hydrogen-bond donors (Lipinski definition) is 1. The van der Waals surface area contributed by atoms with E-state index in [0.29, 0.717) is 0 Å². The summed E-state index contributed by atoms with van der Waals surface area (Å²) in [5.41, 5.74) is 1.28. The quantitative estimate of drug-likeness (QED) is 0.571. The van der Waals surface area contributed by atoms with Crippen LogP contribution in [0.3, 0.4) is 0 Å². The fourth-order valence-corrected chi connectivity index (χ4v) is 1.32. The number of carbonyl (C=O) groups is 1. The summed E-state index contributed by atoms with van der Waals surface area (Å²) in [6.07, 6.45) is 6.90. The predicted molar refractivity (Wildman–Crippen MR) is 60.8 cm³/mol. The van der Waals surface area contributed by atoms with Crippen LogP contribution in [0.2, 0.25) is 0 Å². The Hall–Kier alpha value is -1.57. The van der Waals surface area contributed by atoms with Gasteiger partial charge in [0.1, 0.15) is 0 Å². The van der Waals surface area contributed by atoms with Gasteiger partial charge in [0, 0.05) is 6.42 Å². The van der Waals surface area contributed by atoms with Crippen molar-refractivity contribution in [2.45, 2.75) is 25.7 Å². The van der Waals surface area contributed by atoms with E-state index in [1.165, 1.54) is 5.56 Å². The average Bonchev–Trinajstić information content (AvgIpc) is 2.24. The lowest BCUT2D eigenvalue weighted by atomic mass is 10.1. The first kappa shape index (κ1) is 11.5. The Morgan fingerprint density at radius 2 is 1.93 bits per heavy atom. The lowest BCUT2D eigenvalue weighted by Crippen LogP contribution is -1.92. The summed E-state index contributed by atoms with van der Waals surface area (Å²) < 4.78 is 0. The van der Waals surface area contributed by atoms with Crippen molar-refractivity contribution in [1.29, 1.82) is 0 Å². The van der Waals surface area contributed by atoms with Crippen molar-refractivity contribution in [1.82, 2.24) is 0 Å². The zero-order valence-electron chi connectivity index (χ0n) is 8.73. The molecule has 0 atom stereocenters. The van der Waals surface area contributed by atoms with Gasteiger partial charge in [-0.3, -0.25) is 4.79 Å². The van der Waals surface area contributed by atoms with Crippen molar-refractivity contribution < 1.29 is 9.90 Å². The Labute approximate surface area is 90.3 Å². The average molecular weight is 204 g/mol. The molecule has 0 saturated carbocycles. The van der Waals surface area contributed by atoms with Gasteiger partial charge in [0.25, 0.3) is 0 Å². The molecule has 1 aromatic rings. The Balaban J connectivity index is 2.15. The number of aliphatic carboxylic acids is 1. The van der Waals surface area contributed by atoms with Gasteiger partial charge in [0.05, 0.1) is 0 Å². The van der Waals surface area contributed by atoms with E-state index in [1.54, 1.807) is 0 Å². The maximum atomic E-state index is 10.2. The molecule has 80 valence electrons. The predicted octanol–water partition coefficient (Wildman–Crippen LogP) is 3.04. The first-order chi connectivity index (χ1) is 7.29. The molecule has 0 fully saturated rings. The topological polar surface area (TPSA) is 37.3 Å². The minimum atomic E-state index is -0.716. The Morgan fingerprint density at radius 1 is 1.20 bits per heavy atom. The number of carboxylic acid groups (broad SMARTS) is 1. The number of benzene rings is 1. The minimum Gasteiger partial charge on any atom is -0.481 e. The standard InChI is InChI=1S/C13H16O2/c14-13(15)11-7-2-1-4-8-12-9-5-3-6-10-12/h1,3-6,9-10H,2,7-8,11H2,(H,14,15)/b4-1+. The van der Waals surface area contributed by atoms with Crippen LogP contribution in [0.1, 0.15) is 24.8 Å². The molecule has 1 rings (SSSR count). The van der Waals surface area contributed by atoms with E-state index in [0.717, 1.165) is 19.3 Å². The molecular formula is C13H16O2. The van der Waals surface area contributed by atoms with Crippen molar-refractivity contribution in [2.24, 2.45) is 0 Å². The normalized spacial score (nSPS) is 10.7. The van der Waals surface area contributed by atoms with Gasteiger partial charge in [-0.15, -0.1) is 0 Å². The van der Waals surface area contributed by atoms with Crippen LogP contribution >= 0.6 is 0 Å². The van der Waals surface area contributed by atoms with Gasteiger partial charge < -0.3 is 5.11 Å². The molecule has 1 N–H and O–H groups in total. The highest BCUT2D eigenvalue weighted by atomic mass is 16.4. The number of rotatable bonds is 6. The van der Waals surface area contributed by atoms with E-state index in [2.05, 4.69) is 24.3 Å². The van der Waals surface area contributed by atoms with E-state index in [1.807, 2.05) is 18.2 Å². The van der Waals surface area contributed by atoms with Crippen molar-refractivity contribution in [2.75, 3.05) is 0 Å². The molecule has 2 nitrogen and oxygen atoms in total. The largest absolute Gasteiger partial charge is 0.481 e. The summed E-state index contributed by atoms with van der Waals surface area (Å²) in [6, 6.07) is 10.2. The molecule has 0 amide bonds. The van der Waals surface area contributed by atoms with Crippen LogP contribution in [0.5, 0.6) is 0 Å². The van der Waals surface area contributed by atoms with Gasteiger partial charge in [0.2, 0.25) is 0 Å². The third-order valence-corrected chi connectivity index (χ3v) is 2.12. The molecule has 15 heavy (non-hydrogen) atoms. The fraction of sp³-hybridized carbons (Fsp3) is 0.308. The smallest absolute Gasteiger partial charge is 0.303 e. The molecule has 0 aliphatic rings. The second-order valence-electron chi connectivity index (χ2n) is 3.45. The summed E-state index contributed by atoms with van der Waals surface area (Å²) in [5.74, 6) is -0.716. The van der Waals surface area contributed by atoms with Gasteiger partial charge in [-0.1, -0.05) is 42.5 Å². The van der Waals surface area contributed by atoms with Crippen LogP contribution in [0.4, 0.5) is 0 Å². The first-order valence-electron chi connectivity index (χ1n) is 5.20. The van der Waals surface area contributed by atoms with Crippen molar-refractivity contribution >= 4 is 5.97 Å². The van der Waals surface area contributed by atoms with E-state index >= 15 is 0 Å². The van der Waals surface area contributed by atoms with Gasteiger partial charge in [-0.2, -0.15) is 0 Å². The molecule has 2 heteroatoms. The Bertz CT molecular complexity index is 315. The number of carboxylic acids is 1. The van der Waals surface area contributed by atoms with E-state index < -0.39 is 5.97 Å². The molecule has 0 unspecified atom stereocenters. The van der Waals surface area contributed by atoms with Crippen LogP contribution < -0.4 is 0 Å². The Morgan fingerprint density at radius 3 is 2.60 bits per heavy atom. The van der Waals surface area contributed by atoms with Crippen molar-refractivity contribution in [3.63, 3.8) is 0 Å². The molecule has 1 aromatic carbocycles. The molecule has 0 saturated heterocycles. The number of allylic oxidation sites excluding steroid dienone is 2. The van der Waals surface area contributed by atoms with E-state index in [4.69, 9.17) is 5.11 Å². The van der Waals surface area contributed by atoms with Gasteiger partial charge in [-0.25, -0.2) is 0 Å². The van der Waals surface area contributed by atoms with Crippen LogP contribution in [-0.4, -0.2) is 11.1 Å². The molecular weight excluding hydrogens is 188 g/mol. The zero-order chi connectivity index (χ0) is 10.9. The molecule has 0 aliphatic carbocycles. The maximum absolute atomic E-state index is 10.2. The zero-order valence-corrected chi connectivity index (χ0v) is 8.73. The lowest BCUT2D eigenvalue weighted by molar-refractivity contribution is -0.137. The third kappa shape index (κ3) is 5.68. The second kappa shape index (κ2) is 6.82. The monoisotopic (exact) mass is 204 g/mol. The summed E-state index contributed by atoms with van der Waals surface area (Å²) in [4.78, 5) is 10.2. The minimum absolute atomic E-state index is 0.260. The van der Waals surface area contributed by atoms with Gasteiger partial charge >= 0.3 is 5.97 Å². The summed E-state index contributed by atoms with van der Waals surface area (Å²) >= 11 is 0. The Kier molecular flexibility index (Phi) is 5.23. The molecule has 0 heterocycles. The SMILES string of the molecule is O=C(O)CCC/C=C/Cc1ccccc1. The van der Waals surface area contributed by atoms with Crippen LogP contribution in [0, 0.1) is 0 Å². The number of hydrogen-bond acceptors (Lipinski definition) is 1. The number of unbranched alkanes of at least 4 members (excludes halogenated alkanes) is 1. The summed E-state index contributed by atoms with van der Waals surface area (Å²) in [6.45, 7) is 0. The summed E-state index contributed by atoms with van der Waals surface area (Å²) in [7, 11) is 0. The fourth-order valence-electron chi connectivity index (χ4n) is 1.32. The van der Waals surface area contributed by atoms with Crippen LogP contribution in [-0.2, 0) is 11.2 Å². The van der Waals surface area contributed by atoms with Crippen LogP contribution in [0.15, 0.2) is 42.5 Å². The highest BCUT2D eigenvalue weighted by Gasteiger charge is 1.93. The van der Waals surface area contributed by atoms with E-state index in [-0.39, 0.29) is 6.42 Å². The van der Waals surface area contributed by atoms with Crippen molar-refractivity contribution in [3.8, 4) is 0 Å². The first-order valence-corrected chi connectivity index (χ1v) is 5.20. The van der Waals surface area contributed by atoms with Crippen LogP contribution in [0.25, 0.3) is 0 Å². The highest BCUT2D eigenvalue weighted by Crippen LogP contribution is 2.02. The summed E-state index contributed by atoms with van der Waals surface area (Å²) in [5, 5.41) is 8.42. The maximum Gasteiger partial charge on any atom is 0.303 e. The highest BCUT2D eigenvalue weighted by molar-refractivity contribution is 5.66. The molecule has 0 bridgehead atoms. The molecule has 0 aliphatic heterocycles. The molecule has 0 aromatic heterocycles. The van der Waals surface area contributed by atoms with Gasteiger partial charge in [-0.05, 0) is 24.8 Å². The molecule has 0 radical (unpaired) electrons. The van der Waals surface area contributed by atoms with Gasteiger partial charge in [0.15, 0.2) is 0 Å². The van der Waals surface area contributed by atoms with E-state index in [9.17, 15) is 4.79 Å². The van der Waals surface area contributed by atoms with Crippen molar-refractivity contribution in [3.05, 3.63) is 48.0 Å². The second-order valence-corrected chi connectivity index (χ2v) is 3.45. The third-order valence-electron chi connectivity index (χ3n) is 2.12. The molecule has 0 spiro atoms. The lowest BCUT2D eigenvalue weighted by Gasteiger charge is -1.94.